The first-order valence-corrected chi connectivity index (χ1v) is 7.15. The number of aromatic nitrogens is 2. The maximum atomic E-state index is 12.0. The summed E-state index contributed by atoms with van der Waals surface area (Å²) in [6.45, 7) is -0.302. The van der Waals surface area contributed by atoms with Gasteiger partial charge in [-0.2, -0.15) is 5.10 Å². The number of benzene rings is 1. The van der Waals surface area contributed by atoms with Gasteiger partial charge in [0.25, 0.3) is 5.56 Å². The Morgan fingerprint density at radius 2 is 1.96 bits per heavy atom. The fraction of sp³-hybridized carbons (Fsp3) is 0.214. The predicted octanol–water partition coefficient (Wildman–Crippen LogP) is 2.21. The van der Waals surface area contributed by atoms with Crippen molar-refractivity contribution < 1.29 is 14.3 Å². The molecule has 0 aliphatic carbocycles. The number of rotatable bonds is 5. The van der Waals surface area contributed by atoms with Gasteiger partial charge < -0.3 is 14.8 Å². The molecule has 0 bridgehead atoms. The van der Waals surface area contributed by atoms with Crippen molar-refractivity contribution in [3.05, 3.63) is 44.8 Å². The van der Waals surface area contributed by atoms with Gasteiger partial charge in [-0.05, 0) is 12.1 Å². The van der Waals surface area contributed by atoms with Crippen LogP contribution in [0.25, 0.3) is 0 Å². The zero-order chi connectivity index (χ0) is 17.0. The average Bonchev–Trinajstić information content (AvgIpc) is 2.55. The number of methoxy groups -OCH3 is 2. The van der Waals surface area contributed by atoms with Gasteiger partial charge >= 0.3 is 0 Å². The molecular weight excluding hydrogens is 345 g/mol. The molecule has 0 fully saturated rings. The first-order chi connectivity index (χ1) is 11.0. The lowest BCUT2D eigenvalue weighted by atomic mass is 10.2. The molecule has 2 rings (SSSR count). The molecule has 2 aromatic rings. The highest BCUT2D eigenvalue weighted by molar-refractivity contribution is 6.41. The van der Waals surface area contributed by atoms with Crippen LogP contribution in [-0.4, -0.2) is 29.9 Å². The molecule has 1 heterocycles. The average molecular weight is 358 g/mol. The van der Waals surface area contributed by atoms with E-state index in [2.05, 4.69) is 10.4 Å². The van der Waals surface area contributed by atoms with Gasteiger partial charge in [-0.3, -0.25) is 9.59 Å². The van der Waals surface area contributed by atoms with Crippen molar-refractivity contribution in [3.63, 3.8) is 0 Å². The molecule has 1 aromatic heterocycles. The molecule has 1 N–H and O–H groups in total. The minimum absolute atomic E-state index is 0.0354. The number of anilines is 1. The smallest absolute Gasteiger partial charge is 0.287 e. The first kappa shape index (κ1) is 17.1. The maximum absolute atomic E-state index is 12.0. The second kappa shape index (κ2) is 7.34. The molecule has 0 aliphatic rings. The lowest BCUT2D eigenvalue weighted by Crippen LogP contribution is -2.29. The molecule has 0 atom stereocenters. The fourth-order valence-electron chi connectivity index (χ4n) is 1.81. The Balaban J connectivity index is 2.14. The molecular formula is C14H13Cl2N3O4. The summed E-state index contributed by atoms with van der Waals surface area (Å²) in [5, 5.41) is 6.25. The minimum Gasteiger partial charge on any atom is -0.493 e. The van der Waals surface area contributed by atoms with E-state index in [1.165, 1.54) is 20.4 Å². The summed E-state index contributed by atoms with van der Waals surface area (Å²) in [6, 6.07) is 4.89. The number of nitrogens with one attached hydrogen (secondary N) is 1. The van der Waals surface area contributed by atoms with E-state index >= 15 is 0 Å². The van der Waals surface area contributed by atoms with E-state index in [1.54, 1.807) is 18.2 Å². The van der Waals surface area contributed by atoms with Crippen LogP contribution in [-0.2, 0) is 11.3 Å². The first-order valence-electron chi connectivity index (χ1n) is 6.39. The highest BCUT2D eigenvalue weighted by atomic mass is 35.5. The minimum atomic E-state index is -0.637. The molecule has 23 heavy (non-hydrogen) atoms. The normalized spacial score (nSPS) is 10.3. The summed E-state index contributed by atoms with van der Waals surface area (Å²) in [5.74, 6) is 0.549. The summed E-state index contributed by atoms with van der Waals surface area (Å²) in [6.07, 6.45) is 1.20. The Morgan fingerprint density at radius 1 is 1.26 bits per heavy atom. The van der Waals surface area contributed by atoms with Gasteiger partial charge in [0.1, 0.15) is 11.6 Å². The van der Waals surface area contributed by atoms with Gasteiger partial charge in [0.05, 0.1) is 25.4 Å². The second-order valence-electron chi connectivity index (χ2n) is 4.39. The molecule has 0 spiro atoms. The van der Waals surface area contributed by atoms with Crippen molar-refractivity contribution in [2.75, 3.05) is 19.5 Å². The second-order valence-corrected chi connectivity index (χ2v) is 5.17. The van der Waals surface area contributed by atoms with Crippen molar-refractivity contribution >= 4 is 34.8 Å². The van der Waals surface area contributed by atoms with Gasteiger partial charge in [0, 0.05) is 11.8 Å². The number of nitrogens with zero attached hydrogens (tertiary/aromatic N) is 2. The third kappa shape index (κ3) is 3.94. The van der Waals surface area contributed by atoms with Crippen LogP contribution < -0.4 is 20.3 Å². The van der Waals surface area contributed by atoms with E-state index in [9.17, 15) is 9.59 Å². The Hall–Kier alpha value is -2.25. The number of carbonyl (C=O) groups is 1. The van der Waals surface area contributed by atoms with E-state index < -0.39 is 11.5 Å². The van der Waals surface area contributed by atoms with Crippen molar-refractivity contribution in [1.29, 1.82) is 0 Å². The molecule has 9 heteroatoms. The number of hydrogen-bond donors (Lipinski definition) is 1. The van der Waals surface area contributed by atoms with Gasteiger partial charge in [-0.15, -0.1) is 0 Å². The molecule has 122 valence electrons. The van der Waals surface area contributed by atoms with Crippen LogP contribution in [0.3, 0.4) is 0 Å². The lowest BCUT2D eigenvalue weighted by Gasteiger charge is -2.11. The Morgan fingerprint density at radius 3 is 2.61 bits per heavy atom. The number of amides is 1. The SMILES string of the molecule is COc1ccc(NC(=O)Cn2ncc(Cl)c(Cl)c2=O)cc1OC. The van der Waals surface area contributed by atoms with Gasteiger partial charge in [0.2, 0.25) is 5.91 Å². The van der Waals surface area contributed by atoms with E-state index in [4.69, 9.17) is 32.7 Å². The fourth-order valence-corrected chi connectivity index (χ4v) is 2.08. The third-order valence-electron chi connectivity index (χ3n) is 2.90. The van der Waals surface area contributed by atoms with Crippen molar-refractivity contribution in [3.8, 4) is 11.5 Å². The molecule has 1 aromatic carbocycles. The third-order valence-corrected chi connectivity index (χ3v) is 3.65. The molecule has 0 unspecified atom stereocenters. The van der Waals surface area contributed by atoms with Crippen LogP contribution in [0.5, 0.6) is 11.5 Å². The molecule has 7 nitrogen and oxygen atoms in total. The highest BCUT2D eigenvalue weighted by Crippen LogP contribution is 2.29. The molecule has 1 amide bonds. The summed E-state index contributed by atoms with van der Waals surface area (Å²) in [5.41, 5.74) is -0.151. The topological polar surface area (TPSA) is 82.5 Å². The summed E-state index contributed by atoms with van der Waals surface area (Å²) < 4.78 is 11.2. The highest BCUT2D eigenvalue weighted by Gasteiger charge is 2.12. The van der Waals surface area contributed by atoms with Crippen LogP contribution in [0.2, 0.25) is 10.0 Å². The van der Waals surface area contributed by atoms with E-state index in [1.807, 2.05) is 0 Å². The Bertz CT molecular complexity index is 792. The van der Waals surface area contributed by atoms with Crippen LogP contribution in [0, 0.1) is 0 Å². The maximum Gasteiger partial charge on any atom is 0.287 e. The number of hydrogen-bond acceptors (Lipinski definition) is 5. The van der Waals surface area contributed by atoms with Crippen LogP contribution in [0.1, 0.15) is 0 Å². The predicted molar refractivity (Wildman–Crippen MR) is 86.7 cm³/mol. The van der Waals surface area contributed by atoms with Gasteiger partial charge in [-0.1, -0.05) is 23.2 Å². The largest absolute Gasteiger partial charge is 0.493 e. The van der Waals surface area contributed by atoms with Crippen LogP contribution in [0.4, 0.5) is 5.69 Å². The lowest BCUT2D eigenvalue weighted by molar-refractivity contribution is -0.117. The summed E-state index contributed by atoms with van der Waals surface area (Å²) in [7, 11) is 3.00. The number of halogens is 2. The van der Waals surface area contributed by atoms with E-state index in [-0.39, 0.29) is 16.6 Å². The van der Waals surface area contributed by atoms with Gasteiger partial charge in [0.15, 0.2) is 11.5 Å². The van der Waals surface area contributed by atoms with Crippen molar-refractivity contribution in [2.24, 2.45) is 0 Å². The monoisotopic (exact) mass is 357 g/mol. The quantitative estimate of drug-likeness (QED) is 0.886. The molecule has 0 saturated heterocycles. The Labute approximate surface area is 141 Å². The van der Waals surface area contributed by atoms with E-state index in [0.29, 0.717) is 17.2 Å². The number of carbonyl (C=O) groups excluding carboxylic acids is 1. The van der Waals surface area contributed by atoms with Crippen molar-refractivity contribution in [2.45, 2.75) is 6.54 Å². The zero-order valence-electron chi connectivity index (χ0n) is 12.3. The zero-order valence-corrected chi connectivity index (χ0v) is 13.8. The summed E-state index contributed by atoms with van der Waals surface area (Å²) >= 11 is 11.4. The number of ether oxygens (including phenoxy) is 2. The van der Waals surface area contributed by atoms with Crippen LogP contribution >= 0.6 is 23.2 Å². The molecule has 0 aliphatic heterocycles. The van der Waals surface area contributed by atoms with E-state index in [0.717, 1.165) is 4.68 Å². The van der Waals surface area contributed by atoms with Gasteiger partial charge in [-0.25, -0.2) is 4.68 Å². The summed E-state index contributed by atoms with van der Waals surface area (Å²) in [4.78, 5) is 23.9. The molecule has 0 saturated carbocycles. The Kier molecular flexibility index (Phi) is 5.46. The standard InChI is InChI=1S/C14H13Cl2N3O4/c1-22-10-4-3-8(5-11(10)23-2)18-12(20)7-19-14(21)13(16)9(15)6-17-19/h3-6H,7H2,1-2H3,(H,18,20). The van der Waals surface area contributed by atoms with Crippen LogP contribution in [0.15, 0.2) is 29.2 Å². The molecule has 0 radical (unpaired) electrons. The van der Waals surface area contributed by atoms with Crippen molar-refractivity contribution in [1.82, 2.24) is 9.78 Å².